The van der Waals surface area contributed by atoms with Gasteiger partial charge in [-0.3, -0.25) is 4.79 Å². The molecule has 2 aromatic rings. The van der Waals surface area contributed by atoms with Gasteiger partial charge in [0.05, 0.1) is 11.3 Å². The predicted molar refractivity (Wildman–Crippen MR) is 65.0 cm³/mol. The van der Waals surface area contributed by atoms with Crippen molar-refractivity contribution >= 4 is 38.7 Å². The Bertz CT molecular complexity index is 589. The van der Waals surface area contributed by atoms with Crippen molar-refractivity contribution in [1.82, 2.24) is 5.16 Å². The molecule has 0 bridgehead atoms. The zero-order valence-electron chi connectivity index (χ0n) is 8.76. The highest BCUT2D eigenvalue weighted by Gasteiger charge is 2.35. The minimum absolute atomic E-state index is 0.297. The summed E-state index contributed by atoms with van der Waals surface area (Å²) in [5.41, 5.74) is 0.710. The molecule has 0 atom stereocenters. The molecule has 88 valence electrons. The first-order valence-electron chi connectivity index (χ1n) is 5.18. The second kappa shape index (κ2) is 3.73. The van der Waals surface area contributed by atoms with E-state index in [-0.39, 0.29) is 5.92 Å². The van der Waals surface area contributed by atoms with Gasteiger partial charge in [-0.25, -0.2) is 0 Å². The number of hydrogen-bond donors (Lipinski definition) is 1. The van der Waals surface area contributed by atoms with E-state index >= 15 is 0 Å². The van der Waals surface area contributed by atoms with Gasteiger partial charge >= 0.3 is 5.97 Å². The minimum atomic E-state index is -0.754. The van der Waals surface area contributed by atoms with Gasteiger partial charge in [0.15, 0.2) is 11.4 Å². The van der Waals surface area contributed by atoms with Crippen LogP contribution in [0.4, 0.5) is 5.82 Å². The summed E-state index contributed by atoms with van der Waals surface area (Å²) in [6.45, 7) is 0.979. The number of carboxylic acid groups (broad SMARTS) is 1. The molecule has 0 spiro atoms. The first kappa shape index (κ1) is 10.6. The molecule has 1 fully saturated rings. The highest BCUT2D eigenvalue weighted by atomic mass is 79.9. The highest BCUT2D eigenvalue weighted by molar-refractivity contribution is 9.10. The SMILES string of the molecule is O=C(O)C1CN(c2noc3ccc(Br)cc23)C1. The quantitative estimate of drug-likeness (QED) is 0.919. The molecule has 0 amide bonds. The molecule has 1 aliphatic rings. The Morgan fingerprint density at radius 3 is 3.00 bits per heavy atom. The van der Waals surface area contributed by atoms with Crippen LogP contribution in [0, 0.1) is 5.92 Å². The second-order valence-electron chi connectivity index (χ2n) is 4.09. The minimum Gasteiger partial charge on any atom is -0.481 e. The number of halogens is 1. The average Bonchev–Trinajstić information content (AvgIpc) is 2.59. The van der Waals surface area contributed by atoms with Crippen molar-refractivity contribution < 1.29 is 14.4 Å². The van der Waals surface area contributed by atoms with Crippen molar-refractivity contribution in [2.75, 3.05) is 18.0 Å². The van der Waals surface area contributed by atoms with Gasteiger partial charge in [0, 0.05) is 17.6 Å². The molecule has 1 saturated heterocycles. The van der Waals surface area contributed by atoms with Crippen LogP contribution in [0.5, 0.6) is 0 Å². The maximum Gasteiger partial charge on any atom is 0.310 e. The van der Waals surface area contributed by atoms with E-state index in [0.29, 0.717) is 18.7 Å². The normalized spacial score (nSPS) is 16.2. The van der Waals surface area contributed by atoms with E-state index in [4.69, 9.17) is 9.63 Å². The number of anilines is 1. The molecule has 1 N–H and O–H groups in total. The lowest BCUT2D eigenvalue weighted by Gasteiger charge is -2.36. The van der Waals surface area contributed by atoms with Gasteiger partial charge in [0.2, 0.25) is 0 Å². The van der Waals surface area contributed by atoms with E-state index in [0.717, 1.165) is 15.7 Å². The average molecular weight is 297 g/mol. The zero-order chi connectivity index (χ0) is 12.0. The van der Waals surface area contributed by atoms with Gasteiger partial charge in [-0.05, 0) is 18.2 Å². The number of aliphatic carboxylic acids is 1. The van der Waals surface area contributed by atoms with Crippen LogP contribution in [-0.2, 0) is 4.79 Å². The molecule has 17 heavy (non-hydrogen) atoms. The largest absolute Gasteiger partial charge is 0.481 e. The smallest absolute Gasteiger partial charge is 0.310 e. The Labute approximate surface area is 105 Å². The number of fused-ring (bicyclic) bond motifs is 1. The van der Waals surface area contributed by atoms with Crippen LogP contribution in [0.2, 0.25) is 0 Å². The molecule has 1 aliphatic heterocycles. The van der Waals surface area contributed by atoms with Gasteiger partial charge in [0.25, 0.3) is 0 Å². The summed E-state index contributed by atoms with van der Waals surface area (Å²) in [4.78, 5) is 12.7. The lowest BCUT2D eigenvalue weighted by atomic mass is 10.0. The van der Waals surface area contributed by atoms with Gasteiger partial charge in [-0.15, -0.1) is 0 Å². The van der Waals surface area contributed by atoms with Gasteiger partial charge in [-0.2, -0.15) is 0 Å². The summed E-state index contributed by atoms with van der Waals surface area (Å²) >= 11 is 3.39. The molecule has 5 nitrogen and oxygen atoms in total. The van der Waals surface area contributed by atoms with Crippen LogP contribution in [-0.4, -0.2) is 29.3 Å². The van der Waals surface area contributed by atoms with Crippen LogP contribution in [0.3, 0.4) is 0 Å². The van der Waals surface area contributed by atoms with E-state index in [1.54, 1.807) is 0 Å². The maximum absolute atomic E-state index is 10.7. The van der Waals surface area contributed by atoms with E-state index < -0.39 is 5.97 Å². The molecule has 0 unspecified atom stereocenters. The lowest BCUT2D eigenvalue weighted by molar-refractivity contribution is -0.142. The molecular formula is C11H9BrN2O3. The monoisotopic (exact) mass is 296 g/mol. The summed E-state index contributed by atoms with van der Waals surface area (Å²) in [6.07, 6.45) is 0. The molecule has 0 saturated carbocycles. The molecule has 2 heterocycles. The number of carbonyl (C=O) groups is 1. The number of benzene rings is 1. The van der Waals surface area contributed by atoms with Crippen molar-refractivity contribution in [3.05, 3.63) is 22.7 Å². The fourth-order valence-electron chi connectivity index (χ4n) is 1.93. The fourth-order valence-corrected chi connectivity index (χ4v) is 2.30. The van der Waals surface area contributed by atoms with E-state index in [2.05, 4.69) is 21.1 Å². The topological polar surface area (TPSA) is 66.6 Å². The number of aromatic nitrogens is 1. The van der Waals surface area contributed by atoms with Crippen molar-refractivity contribution in [1.29, 1.82) is 0 Å². The van der Waals surface area contributed by atoms with E-state index in [1.165, 1.54) is 0 Å². The Balaban J connectivity index is 1.92. The predicted octanol–water partition coefficient (Wildman–Crippen LogP) is 2.11. The summed E-state index contributed by atoms with van der Waals surface area (Å²) in [5.74, 6) is -0.331. The number of hydrogen-bond acceptors (Lipinski definition) is 4. The zero-order valence-corrected chi connectivity index (χ0v) is 10.3. The number of nitrogens with zero attached hydrogens (tertiary/aromatic N) is 2. The first-order chi connectivity index (χ1) is 8.15. The Hall–Kier alpha value is -1.56. The molecule has 6 heteroatoms. The molecule has 0 aliphatic carbocycles. The summed E-state index contributed by atoms with van der Waals surface area (Å²) in [7, 11) is 0. The van der Waals surface area contributed by atoms with Crippen molar-refractivity contribution in [2.24, 2.45) is 5.92 Å². The Kier molecular flexibility index (Phi) is 2.32. The second-order valence-corrected chi connectivity index (χ2v) is 5.00. The van der Waals surface area contributed by atoms with Crippen LogP contribution in [0.15, 0.2) is 27.2 Å². The third-order valence-electron chi connectivity index (χ3n) is 2.94. The van der Waals surface area contributed by atoms with Crippen molar-refractivity contribution in [2.45, 2.75) is 0 Å². The maximum atomic E-state index is 10.7. The third-order valence-corrected chi connectivity index (χ3v) is 3.44. The molecular weight excluding hydrogens is 288 g/mol. The fraction of sp³-hybridized carbons (Fsp3) is 0.273. The van der Waals surface area contributed by atoms with Crippen molar-refractivity contribution in [3.63, 3.8) is 0 Å². The van der Waals surface area contributed by atoms with Gasteiger partial charge < -0.3 is 14.5 Å². The van der Waals surface area contributed by atoms with Crippen LogP contribution in [0.1, 0.15) is 0 Å². The molecule has 1 aromatic heterocycles. The summed E-state index contributed by atoms with van der Waals surface area (Å²) in [6, 6.07) is 5.65. The number of rotatable bonds is 2. The van der Waals surface area contributed by atoms with Crippen LogP contribution in [0.25, 0.3) is 11.0 Å². The summed E-state index contributed by atoms with van der Waals surface area (Å²) in [5, 5.41) is 13.7. The highest BCUT2D eigenvalue weighted by Crippen LogP contribution is 2.32. The van der Waals surface area contributed by atoms with Crippen LogP contribution < -0.4 is 4.90 Å². The standard InChI is InChI=1S/C11H9BrN2O3/c12-7-1-2-9-8(3-7)10(13-17-9)14-4-6(5-14)11(15)16/h1-3,6H,4-5H2,(H,15,16). The van der Waals surface area contributed by atoms with E-state index in [9.17, 15) is 4.79 Å². The molecule has 0 radical (unpaired) electrons. The Morgan fingerprint density at radius 1 is 1.53 bits per heavy atom. The van der Waals surface area contributed by atoms with Crippen molar-refractivity contribution in [3.8, 4) is 0 Å². The van der Waals surface area contributed by atoms with Gasteiger partial charge in [-0.1, -0.05) is 21.1 Å². The van der Waals surface area contributed by atoms with Crippen LogP contribution >= 0.6 is 15.9 Å². The molecule has 3 rings (SSSR count). The van der Waals surface area contributed by atoms with E-state index in [1.807, 2.05) is 23.1 Å². The Morgan fingerprint density at radius 2 is 2.29 bits per heavy atom. The lowest BCUT2D eigenvalue weighted by Crippen LogP contribution is -2.50. The molecule has 1 aromatic carbocycles. The first-order valence-corrected chi connectivity index (χ1v) is 5.97. The third kappa shape index (κ3) is 1.68. The number of carboxylic acids is 1. The summed E-state index contributed by atoms with van der Waals surface area (Å²) < 4.78 is 6.15. The van der Waals surface area contributed by atoms with Gasteiger partial charge in [0.1, 0.15) is 0 Å².